The van der Waals surface area contributed by atoms with E-state index < -0.39 is 0 Å². The van der Waals surface area contributed by atoms with Crippen LogP contribution in [0.5, 0.6) is 5.75 Å². The number of hydrogen-bond acceptors (Lipinski definition) is 2. The van der Waals surface area contributed by atoms with Crippen molar-refractivity contribution in [3.05, 3.63) is 28.8 Å². The molecule has 0 radical (unpaired) electrons. The van der Waals surface area contributed by atoms with Crippen LogP contribution in [0.2, 0.25) is 5.02 Å². The molecule has 0 heterocycles. The Bertz CT molecular complexity index is 516. The van der Waals surface area contributed by atoms with Gasteiger partial charge in [0.15, 0.2) is 0 Å². The molecule has 0 aliphatic heterocycles. The maximum atomic E-state index is 6.48. The highest BCUT2D eigenvalue weighted by Gasteiger charge is 2.66. The summed E-state index contributed by atoms with van der Waals surface area (Å²) in [5, 5.41) is 4.37. The highest BCUT2D eigenvalue weighted by atomic mass is 35.5. The van der Waals surface area contributed by atoms with Crippen LogP contribution >= 0.6 is 11.6 Å². The second-order valence-electron chi connectivity index (χ2n) is 6.72. The van der Waals surface area contributed by atoms with E-state index in [1.165, 1.54) is 24.8 Å². The maximum absolute atomic E-state index is 6.48. The lowest BCUT2D eigenvalue weighted by atomic mass is 9.93. The van der Waals surface area contributed by atoms with Crippen molar-refractivity contribution in [2.24, 2.45) is 29.6 Å². The minimum atomic E-state index is 0.409. The number of ether oxygens (including phenoxy) is 1. The van der Waals surface area contributed by atoms with E-state index >= 15 is 0 Å². The molecule has 3 aliphatic rings. The molecule has 1 aromatic rings. The first-order valence-corrected chi connectivity index (χ1v) is 8.13. The summed E-state index contributed by atoms with van der Waals surface area (Å²) in [5.74, 6) is 5.57. The molecule has 2 nitrogen and oxygen atoms in total. The first-order chi connectivity index (χ1) is 9.74. The Kier molecular flexibility index (Phi) is 3.01. The summed E-state index contributed by atoms with van der Waals surface area (Å²) in [4.78, 5) is 0. The molecule has 3 heteroatoms. The molecule has 3 aliphatic carbocycles. The second-order valence-corrected chi connectivity index (χ2v) is 7.13. The van der Waals surface area contributed by atoms with Crippen LogP contribution in [0.3, 0.4) is 0 Å². The molecule has 0 aromatic heterocycles. The fourth-order valence-corrected chi connectivity index (χ4v) is 5.57. The van der Waals surface area contributed by atoms with Crippen molar-refractivity contribution >= 4 is 11.6 Å². The highest BCUT2D eigenvalue weighted by molar-refractivity contribution is 6.31. The van der Waals surface area contributed by atoms with Gasteiger partial charge in [0.05, 0.1) is 7.11 Å². The number of benzene rings is 1. The Hall–Kier alpha value is -0.730. The average molecular weight is 292 g/mol. The fourth-order valence-electron chi connectivity index (χ4n) is 5.28. The first-order valence-electron chi connectivity index (χ1n) is 7.75. The Morgan fingerprint density at radius 3 is 2.50 bits per heavy atom. The molecule has 4 rings (SSSR count). The Labute approximate surface area is 125 Å². The van der Waals surface area contributed by atoms with Gasteiger partial charge in [-0.3, -0.25) is 0 Å². The van der Waals surface area contributed by atoms with Gasteiger partial charge in [-0.25, -0.2) is 0 Å². The van der Waals surface area contributed by atoms with Crippen molar-refractivity contribution in [2.45, 2.75) is 25.3 Å². The molecule has 108 valence electrons. The molecular formula is C17H22ClNO. The van der Waals surface area contributed by atoms with Crippen LogP contribution in [0.25, 0.3) is 0 Å². The summed E-state index contributed by atoms with van der Waals surface area (Å²) >= 11 is 6.48. The minimum absolute atomic E-state index is 0.409. The summed E-state index contributed by atoms with van der Waals surface area (Å²) in [5.41, 5.74) is 1.24. The van der Waals surface area contributed by atoms with E-state index in [1.807, 2.05) is 12.1 Å². The van der Waals surface area contributed by atoms with E-state index in [4.69, 9.17) is 16.3 Å². The maximum Gasteiger partial charge on any atom is 0.120 e. The fraction of sp³-hybridized carbons (Fsp3) is 0.647. The highest BCUT2D eigenvalue weighted by Crippen LogP contribution is 2.72. The standard InChI is InChI=1S/C17H22ClNO/c1-19-17(12-6-5-11(20-2)8-13(12)18)16-14-9-3-4-10(7-9)15(14)16/h5-6,8-10,14-17,19H,3-4,7H2,1-2H3. The van der Waals surface area contributed by atoms with Gasteiger partial charge < -0.3 is 10.1 Å². The van der Waals surface area contributed by atoms with Crippen LogP contribution in [0.1, 0.15) is 30.9 Å². The van der Waals surface area contributed by atoms with Crippen LogP contribution in [0, 0.1) is 29.6 Å². The number of nitrogens with one attached hydrogen (secondary N) is 1. The zero-order chi connectivity index (χ0) is 13.9. The van der Waals surface area contributed by atoms with Gasteiger partial charge in [-0.05, 0) is 73.6 Å². The Morgan fingerprint density at radius 1 is 1.25 bits per heavy atom. The van der Waals surface area contributed by atoms with Gasteiger partial charge in [0, 0.05) is 11.1 Å². The number of methoxy groups -OCH3 is 1. The van der Waals surface area contributed by atoms with Crippen LogP contribution in [0.15, 0.2) is 18.2 Å². The normalized spacial score (nSPS) is 38.6. The molecule has 0 amide bonds. The SMILES string of the molecule is CNC(c1ccc(OC)cc1Cl)C1C2C3CCC(C3)C21. The number of halogens is 1. The van der Waals surface area contributed by atoms with Gasteiger partial charge >= 0.3 is 0 Å². The third-order valence-corrected chi connectivity index (χ3v) is 6.36. The predicted octanol–water partition coefficient (Wildman–Crippen LogP) is 3.90. The van der Waals surface area contributed by atoms with Crippen LogP contribution in [0.4, 0.5) is 0 Å². The van der Waals surface area contributed by atoms with Gasteiger partial charge in [0.25, 0.3) is 0 Å². The van der Waals surface area contributed by atoms with E-state index in [9.17, 15) is 0 Å². The molecular weight excluding hydrogens is 270 g/mol. The molecule has 1 aromatic carbocycles. The summed E-state index contributed by atoms with van der Waals surface area (Å²) in [7, 11) is 3.76. The van der Waals surface area contributed by atoms with Crippen LogP contribution < -0.4 is 10.1 Å². The van der Waals surface area contributed by atoms with Crippen molar-refractivity contribution in [3.63, 3.8) is 0 Å². The molecule has 2 bridgehead atoms. The average Bonchev–Trinajstić information content (AvgIpc) is 2.88. The van der Waals surface area contributed by atoms with Crippen molar-refractivity contribution in [2.75, 3.05) is 14.2 Å². The first kappa shape index (κ1) is 13.0. The third-order valence-electron chi connectivity index (χ3n) is 6.03. The number of rotatable bonds is 4. The van der Waals surface area contributed by atoms with Gasteiger partial charge in [-0.1, -0.05) is 17.7 Å². The number of fused-ring (bicyclic) bond motifs is 5. The van der Waals surface area contributed by atoms with Crippen LogP contribution in [-0.4, -0.2) is 14.2 Å². The van der Waals surface area contributed by atoms with Crippen molar-refractivity contribution < 1.29 is 4.74 Å². The smallest absolute Gasteiger partial charge is 0.120 e. The van der Waals surface area contributed by atoms with Crippen molar-refractivity contribution in [1.82, 2.24) is 5.32 Å². The molecule has 3 fully saturated rings. The van der Waals surface area contributed by atoms with Gasteiger partial charge in [-0.15, -0.1) is 0 Å². The van der Waals surface area contributed by atoms with E-state index in [0.29, 0.717) is 6.04 Å². The summed E-state index contributed by atoms with van der Waals surface area (Å²) in [6.07, 6.45) is 4.43. The lowest BCUT2D eigenvalue weighted by Crippen LogP contribution is -2.22. The van der Waals surface area contributed by atoms with Gasteiger partial charge in [0.1, 0.15) is 5.75 Å². The van der Waals surface area contributed by atoms with E-state index in [-0.39, 0.29) is 0 Å². The molecule has 0 saturated heterocycles. The molecule has 3 saturated carbocycles. The molecule has 20 heavy (non-hydrogen) atoms. The van der Waals surface area contributed by atoms with Gasteiger partial charge in [0.2, 0.25) is 0 Å². The Balaban J connectivity index is 1.60. The zero-order valence-electron chi connectivity index (χ0n) is 12.1. The lowest BCUT2D eigenvalue weighted by molar-refractivity contribution is 0.384. The minimum Gasteiger partial charge on any atom is -0.497 e. The van der Waals surface area contributed by atoms with Crippen LogP contribution in [-0.2, 0) is 0 Å². The second kappa shape index (κ2) is 4.64. The molecule has 1 N–H and O–H groups in total. The molecule has 0 spiro atoms. The topological polar surface area (TPSA) is 21.3 Å². The van der Waals surface area contributed by atoms with E-state index in [1.54, 1.807) is 7.11 Å². The summed E-state index contributed by atoms with van der Waals surface area (Å²) < 4.78 is 5.25. The molecule has 5 unspecified atom stereocenters. The summed E-state index contributed by atoms with van der Waals surface area (Å²) in [6, 6.07) is 6.51. The van der Waals surface area contributed by atoms with Crippen molar-refractivity contribution in [1.29, 1.82) is 0 Å². The zero-order valence-corrected chi connectivity index (χ0v) is 12.9. The van der Waals surface area contributed by atoms with Crippen molar-refractivity contribution in [3.8, 4) is 5.75 Å². The largest absolute Gasteiger partial charge is 0.497 e. The summed E-state index contributed by atoms with van der Waals surface area (Å²) in [6.45, 7) is 0. The quantitative estimate of drug-likeness (QED) is 0.908. The Morgan fingerprint density at radius 2 is 1.95 bits per heavy atom. The third kappa shape index (κ3) is 1.74. The lowest BCUT2D eigenvalue weighted by Gasteiger charge is -2.22. The van der Waals surface area contributed by atoms with Gasteiger partial charge in [-0.2, -0.15) is 0 Å². The van der Waals surface area contributed by atoms with E-state index in [2.05, 4.69) is 18.4 Å². The predicted molar refractivity (Wildman–Crippen MR) is 81.1 cm³/mol. The van der Waals surface area contributed by atoms with E-state index in [0.717, 1.165) is 40.4 Å². The monoisotopic (exact) mass is 291 g/mol. The number of hydrogen-bond donors (Lipinski definition) is 1. The molecule has 5 atom stereocenters.